The normalized spacial score (nSPS) is 9.91. The monoisotopic (exact) mass is 233 g/mol. The summed E-state index contributed by atoms with van der Waals surface area (Å²) in [5.41, 5.74) is 0. The Morgan fingerprint density at radius 3 is 3.00 bits per heavy atom. The van der Waals surface area contributed by atoms with E-state index in [-0.39, 0.29) is 0 Å². The van der Waals surface area contributed by atoms with Gasteiger partial charge in [0.25, 0.3) is 0 Å². The van der Waals surface area contributed by atoms with E-state index in [1.165, 1.54) is 11.3 Å². The number of nitrogens with zero attached hydrogens (tertiary/aromatic N) is 2. The first-order chi connectivity index (χ1) is 5.33. The Kier molecular flexibility index (Phi) is 3.68. The molecule has 0 saturated carbocycles. The summed E-state index contributed by atoms with van der Waals surface area (Å²) < 4.78 is 0.827. The minimum atomic E-state index is 0.759. The number of hydrogen-bond donors (Lipinski definition) is 1. The minimum absolute atomic E-state index is 0.759. The molecule has 3 nitrogen and oxygen atoms in total. The van der Waals surface area contributed by atoms with Crippen molar-refractivity contribution in [1.29, 1.82) is 0 Å². The molecule has 0 aliphatic carbocycles. The van der Waals surface area contributed by atoms with Crippen molar-refractivity contribution >= 4 is 27.3 Å². The molecule has 1 aromatic heterocycles. The molecule has 60 valence electrons. The van der Waals surface area contributed by atoms with Crippen LogP contribution in [0, 0.1) is 0 Å². The molecule has 11 heavy (non-hydrogen) atoms. The van der Waals surface area contributed by atoms with Gasteiger partial charge in [0.2, 0.25) is 0 Å². The molecule has 0 bridgehead atoms. The Morgan fingerprint density at radius 1 is 1.64 bits per heavy atom. The zero-order valence-electron chi connectivity index (χ0n) is 5.88. The van der Waals surface area contributed by atoms with E-state index in [0.29, 0.717) is 0 Å². The van der Waals surface area contributed by atoms with Gasteiger partial charge in [-0.1, -0.05) is 17.4 Å². The minimum Gasteiger partial charge on any atom is -0.307 e. The van der Waals surface area contributed by atoms with Crippen LogP contribution in [0.25, 0.3) is 0 Å². The smallest absolute Gasteiger partial charge is 0.183 e. The molecule has 1 rings (SSSR count). The molecule has 1 aromatic rings. The fourth-order valence-electron chi connectivity index (χ4n) is 0.586. The van der Waals surface area contributed by atoms with Gasteiger partial charge in [0.1, 0.15) is 5.01 Å². The van der Waals surface area contributed by atoms with Gasteiger partial charge >= 0.3 is 0 Å². The molecule has 0 unspecified atom stereocenters. The van der Waals surface area contributed by atoms with Gasteiger partial charge in [-0.3, -0.25) is 0 Å². The van der Waals surface area contributed by atoms with E-state index in [2.05, 4.69) is 38.0 Å². The van der Waals surface area contributed by atoms with Crippen molar-refractivity contribution in [3.05, 3.63) is 21.6 Å². The van der Waals surface area contributed by atoms with Gasteiger partial charge in [-0.2, -0.15) is 0 Å². The maximum absolute atomic E-state index is 3.91. The third-order valence-corrected chi connectivity index (χ3v) is 2.36. The Balaban J connectivity index is 2.32. The standard InChI is InChI=1S/C6H8BrN3S/c1-2-3-8-4-5-9-10-6(7)11-5/h2,8H,1,3-4H2. The first-order valence-electron chi connectivity index (χ1n) is 3.12. The van der Waals surface area contributed by atoms with Gasteiger partial charge in [-0.05, 0) is 15.9 Å². The highest BCUT2D eigenvalue weighted by atomic mass is 79.9. The van der Waals surface area contributed by atoms with Crippen molar-refractivity contribution < 1.29 is 0 Å². The second kappa shape index (κ2) is 4.58. The van der Waals surface area contributed by atoms with Crippen molar-refractivity contribution in [2.75, 3.05) is 6.54 Å². The fraction of sp³-hybridized carbons (Fsp3) is 0.333. The van der Waals surface area contributed by atoms with Crippen LogP contribution in [-0.2, 0) is 6.54 Å². The first-order valence-corrected chi connectivity index (χ1v) is 4.73. The lowest BCUT2D eigenvalue weighted by Gasteiger charge is -1.93. The molecule has 0 fully saturated rings. The van der Waals surface area contributed by atoms with Crippen LogP contribution in [0.2, 0.25) is 0 Å². The first kappa shape index (κ1) is 8.83. The van der Waals surface area contributed by atoms with Crippen LogP contribution in [0.5, 0.6) is 0 Å². The molecule has 0 aliphatic rings. The van der Waals surface area contributed by atoms with Crippen LogP contribution in [0.1, 0.15) is 5.01 Å². The van der Waals surface area contributed by atoms with Crippen LogP contribution < -0.4 is 5.32 Å². The number of halogens is 1. The highest BCUT2D eigenvalue weighted by Crippen LogP contribution is 2.14. The summed E-state index contributed by atoms with van der Waals surface area (Å²) in [6, 6.07) is 0. The zero-order valence-corrected chi connectivity index (χ0v) is 8.28. The van der Waals surface area contributed by atoms with Crippen molar-refractivity contribution in [3.8, 4) is 0 Å². The number of aromatic nitrogens is 2. The van der Waals surface area contributed by atoms with Crippen molar-refractivity contribution in [2.45, 2.75) is 6.54 Å². The molecular weight excluding hydrogens is 226 g/mol. The van der Waals surface area contributed by atoms with Crippen LogP contribution in [-0.4, -0.2) is 16.7 Å². The summed E-state index contributed by atoms with van der Waals surface area (Å²) in [6.07, 6.45) is 1.82. The maximum atomic E-state index is 3.91. The van der Waals surface area contributed by atoms with E-state index < -0.39 is 0 Å². The Morgan fingerprint density at radius 2 is 2.45 bits per heavy atom. The topological polar surface area (TPSA) is 37.8 Å². The highest BCUT2D eigenvalue weighted by molar-refractivity contribution is 9.11. The fourth-order valence-corrected chi connectivity index (χ4v) is 1.76. The molecule has 1 heterocycles. The average molecular weight is 234 g/mol. The lowest BCUT2D eigenvalue weighted by atomic mass is 10.6. The molecule has 0 aliphatic heterocycles. The third-order valence-electron chi connectivity index (χ3n) is 1.01. The maximum Gasteiger partial charge on any atom is 0.183 e. The summed E-state index contributed by atoms with van der Waals surface area (Å²) in [5, 5.41) is 11.8. The Bertz CT molecular complexity index is 235. The average Bonchev–Trinajstić information content (AvgIpc) is 2.37. The molecule has 0 aromatic carbocycles. The predicted molar refractivity (Wildman–Crippen MR) is 49.5 cm³/mol. The molecule has 1 N–H and O–H groups in total. The van der Waals surface area contributed by atoms with Crippen molar-refractivity contribution in [1.82, 2.24) is 15.5 Å². The molecule has 0 radical (unpaired) electrons. The highest BCUT2D eigenvalue weighted by Gasteiger charge is 1.98. The van der Waals surface area contributed by atoms with Gasteiger partial charge in [0, 0.05) is 6.54 Å². The van der Waals surface area contributed by atoms with Crippen LogP contribution in [0.3, 0.4) is 0 Å². The van der Waals surface area contributed by atoms with Crippen LogP contribution in [0.15, 0.2) is 16.6 Å². The van der Waals surface area contributed by atoms with Crippen LogP contribution >= 0.6 is 27.3 Å². The van der Waals surface area contributed by atoms with Gasteiger partial charge in [0.05, 0.1) is 6.54 Å². The quantitative estimate of drug-likeness (QED) is 0.634. The van der Waals surface area contributed by atoms with Crippen molar-refractivity contribution in [3.63, 3.8) is 0 Å². The van der Waals surface area contributed by atoms with E-state index in [4.69, 9.17) is 0 Å². The van der Waals surface area contributed by atoms with Gasteiger partial charge in [0.15, 0.2) is 3.92 Å². The summed E-state index contributed by atoms with van der Waals surface area (Å²) in [5.74, 6) is 0. The Hall–Kier alpha value is -0.260. The predicted octanol–water partition coefficient (Wildman–Crippen LogP) is 1.58. The van der Waals surface area contributed by atoms with E-state index in [1.54, 1.807) is 0 Å². The summed E-state index contributed by atoms with van der Waals surface area (Å²) in [4.78, 5) is 0. The molecule has 0 atom stereocenters. The lowest BCUT2D eigenvalue weighted by Crippen LogP contribution is -2.12. The molecular formula is C6H8BrN3S. The van der Waals surface area contributed by atoms with Crippen LogP contribution in [0.4, 0.5) is 0 Å². The van der Waals surface area contributed by atoms with E-state index in [9.17, 15) is 0 Å². The van der Waals surface area contributed by atoms with Gasteiger partial charge in [-0.15, -0.1) is 16.8 Å². The number of rotatable bonds is 4. The van der Waals surface area contributed by atoms with Gasteiger partial charge < -0.3 is 5.32 Å². The number of nitrogens with one attached hydrogen (secondary N) is 1. The molecule has 5 heteroatoms. The second-order valence-corrected chi connectivity index (χ2v) is 4.21. The summed E-state index contributed by atoms with van der Waals surface area (Å²) in [7, 11) is 0. The molecule has 0 saturated heterocycles. The second-order valence-electron chi connectivity index (χ2n) is 1.87. The lowest BCUT2D eigenvalue weighted by molar-refractivity contribution is 0.744. The molecule has 0 spiro atoms. The van der Waals surface area contributed by atoms with Gasteiger partial charge in [-0.25, -0.2) is 0 Å². The van der Waals surface area contributed by atoms with E-state index >= 15 is 0 Å². The number of hydrogen-bond acceptors (Lipinski definition) is 4. The third kappa shape index (κ3) is 3.09. The SMILES string of the molecule is C=CCNCc1nnc(Br)s1. The Labute approximate surface area is 77.7 Å². The zero-order chi connectivity index (χ0) is 8.10. The summed E-state index contributed by atoms with van der Waals surface area (Å²) in [6.45, 7) is 5.15. The summed E-state index contributed by atoms with van der Waals surface area (Å²) >= 11 is 4.77. The van der Waals surface area contributed by atoms with E-state index in [1.807, 2.05) is 6.08 Å². The molecule has 0 amide bonds. The van der Waals surface area contributed by atoms with Crippen molar-refractivity contribution in [2.24, 2.45) is 0 Å². The van der Waals surface area contributed by atoms with E-state index in [0.717, 1.165) is 22.0 Å². The largest absolute Gasteiger partial charge is 0.307 e.